The van der Waals surface area contributed by atoms with E-state index in [-0.39, 0.29) is 42.4 Å². The predicted octanol–water partition coefficient (Wildman–Crippen LogP) is 8.96. The van der Waals surface area contributed by atoms with Crippen LogP contribution in [0.1, 0.15) is 105 Å². The van der Waals surface area contributed by atoms with E-state index < -0.39 is 49.0 Å². The van der Waals surface area contributed by atoms with E-state index in [0.717, 1.165) is 0 Å². The van der Waals surface area contributed by atoms with Crippen LogP contribution in [0.25, 0.3) is 0 Å². The SMILES string of the molecule is COc1ccc([C@H](O[Si](C(C)C)(C(C)C)C(C)C)[C@H](COC(=O)C(C)(C)C)[C@H](COC(=O)C(C)(C)C)C(=O)c2ccc3c(c2)OCO3)cc1OC. The van der Waals surface area contributed by atoms with Gasteiger partial charge in [-0.3, -0.25) is 14.4 Å². The fourth-order valence-electron chi connectivity index (χ4n) is 6.90. The van der Waals surface area contributed by atoms with E-state index in [9.17, 15) is 14.4 Å². The molecule has 0 N–H and O–H groups in total. The lowest BCUT2D eigenvalue weighted by Gasteiger charge is -2.47. The second kappa shape index (κ2) is 16.8. The molecule has 0 amide bonds. The highest BCUT2D eigenvalue weighted by Crippen LogP contribution is 2.49. The average molecular weight is 729 g/mol. The van der Waals surface area contributed by atoms with E-state index in [4.69, 9.17) is 32.8 Å². The summed E-state index contributed by atoms with van der Waals surface area (Å²) in [4.78, 5) is 41.6. The van der Waals surface area contributed by atoms with E-state index in [0.29, 0.717) is 34.1 Å². The molecule has 0 bridgehead atoms. The number of hydrogen-bond donors (Lipinski definition) is 0. The summed E-state index contributed by atoms with van der Waals surface area (Å²) >= 11 is 0. The third-order valence-electron chi connectivity index (χ3n) is 9.70. The van der Waals surface area contributed by atoms with Crippen molar-refractivity contribution in [2.45, 2.75) is 106 Å². The van der Waals surface area contributed by atoms with Gasteiger partial charge in [-0.1, -0.05) is 47.6 Å². The topological polar surface area (TPSA) is 116 Å². The number of rotatable bonds is 16. The Morgan fingerprint density at radius 2 is 1.24 bits per heavy atom. The molecular weight excluding hydrogens is 669 g/mol. The molecule has 0 saturated heterocycles. The van der Waals surface area contributed by atoms with Crippen molar-refractivity contribution in [3.05, 3.63) is 47.5 Å². The minimum absolute atomic E-state index is 0.0481. The van der Waals surface area contributed by atoms with Crippen molar-refractivity contribution in [3.63, 3.8) is 0 Å². The molecule has 2 aromatic rings. The molecule has 0 unspecified atom stereocenters. The maximum atomic E-state index is 14.9. The molecule has 3 rings (SSSR count). The van der Waals surface area contributed by atoms with Gasteiger partial charge < -0.3 is 32.8 Å². The van der Waals surface area contributed by atoms with Gasteiger partial charge in [0.1, 0.15) is 6.61 Å². The number of carbonyl (C=O) groups is 3. The van der Waals surface area contributed by atoms with Crippen LogP contribution < -0.4 is 18.9 Å². The summed E-state index contributed by atoms with van der Waals surface area (Å²) in [5.41, 5.74) is -0.0388. The summed E-state index contributed by atoms with van der Waals surface area (Å²) in [6.45, 7) is 23.3. The predicted molar refractivity (Wildman–Crippen MR) is 199 cm³/mol. The highest BCUT2D eigenvalue weighted by atomic mass is 28.4. The molecule has 1 aliphatic rings. The molecule has 0 spiro atoms. The van der Waals surface area contributed by atoms with E-state index in [1.54, 1.807) is 80.0 Å². The van der Waals surface area contributed by atoms with Gasteiger partial charge in [-0.05, 0) is 94.1 Å². The highest BCUT2D eigenvalue weighted by molar-refractivity contribution is 6.77. The molecule has 0 fully saturated rings. The van der Waals surface area contributed by atoms with Gasteiger partial charge in [0.05, 0.1) is 43.7 Å². The summed E-state index contributed by atoms with van der Waals surface area (Å²) in [7, 11) is 0.435. The lowest BCUT2D eigenvalue weighted by atomic mass is 9.80. The van der Waals surface area contributed by atoms with Crippen molar-refractivity contribution < 1.29 is 47.2 Å². The normalized spacial score (nSPS) is 15.1. The van der Waals surface area contributed by atoms with E-state index in [1.807, 2.05) is 12.1 Å². The summed E-state index contributed by atoms with van der Waals surface area (Å²) in [5, 5.41) is 0. The molecule has 284 valence electrons. The van der Waals surface area contributed by atoms with Crippen molar-refractivity contribution in [3.8, 4) is 23.0 Å². The Labute approximate surface area is 305 Å². The molecule has 0 aliphatic carbocycles. The Bertz CT molecular complexity index is 1500. The first-order valence-electron chi connectivity index (χ1n) is 17.9. The van der Waals surface area contributed by atoms with Gasteiger partial charge in [0.15, 0.2) is 28.8 Å². The van der Waals surface area contributed by atoms with Crippen molar-refractivity contribution in [2.24, 2.45) is 22.7 Å². The standard InChI is InChI=1S/C40H60O10Si/c1-24(2)51(25(3)4,26(5)6)50-36(28-16-17-31(44-13)33(20-28)45-14)30(22-47-38(43)40(10,11)12)29(21-46-37(42)39(7,8)9)35(41)27-15-18-32-34(19-27)49-23-48-32/h15-20,24-26,29-30,36H,21-23H2,1-14H3/t29-,30+,36-/m0/s1. The number of hydrogen-bond acceptors (Lipinski definition) is 10. The van der Waals surface area contributed by atoms with Crippen molar-refractivity contribution in [1.82, 2.24) is 0 Å². The van der Waals surface area contributed by atoms with Crippen LogP contribution in [0.15, 0.2) is 36.4 Å². The first kappa shape index (κ1) is 41.8. The van der Waals surface area contributed by atoms with Crippen LogP contribution in [0.2, 0.25) is 16.6 Å². The maximum absolute atomic E-state index is 14.9. The van der Waals surface area contributed by atoms with Gasteiger partial charge in [-0.15, -0.1) is 0 Å². The summed E-state index contributed by atoms with van der Waals surface area (Å²) in [6, 6.07) is 10.6. The molecule has 3 atom stereocenters. The fraction of sp³-hybridized carbons (Fsp3) is 0.625. The van der Waals surface area contributed by atoms with Gasteiger partial charge in [-0.25, -0.2) is 0 Å². The average Bonchev–Trinajstić information content (AvgIpc) is 3.53. The quantitative estimate of drug-likeness (QED) is 0.0942. The van der Waals surface area contributed by atoms with E-state index in [1.165, 1.54) is 0 Å². The molecule has 51 heavy (non-hydrogen) atoms. The Hall–Kier alpha value is -3.57. The van der Waals surface area contributed by atoms with Crippen LogP contribution in [-0.4, -0.2) is 60.3 Å². The molecule has 1 aliphatic heterocycles. The maximum Gasteiger partial charge on any atom is 0.311 e. The molecule has 0 saturated carbocycles. The minimum Gasteiger partial charge on any atom is -0.493 e. The van der Waals surface area contributed by atoms with Gasteiger partial charge in [0, 0.05) is 11.5 Å². The smallest absolute Gasteiger partial charge is 0.311 e. The van der Waals surface area contributed by atoms with Crippen LogP contribution in [0, 0.1) is 22.7 Å². The number of ketones is 1. The minimum atomic E-state index is -2.70. The number of benzene rings is 2. The van der Waals surface area contributed by atoms with Gasteiger partial charge in [0.25, 0.3) is 0 Å². The number of esters is 2. The highest BCUT2D eigenvalue weighted by Gasteiger charge is 2.50. The van der Waals surface area contributed by atoms with Crippen LogP contribution in [-0.2, 0) is 23.5 Å². The zero-order chi connectivity index (χ0) is 38.5. The first-order valence-corrected chi connectivity index (χ1v) is 20.0. The second-order valence-corrected chi connectivity index (χ2v) is 21.8. The van der Waals surface area contributed by atoms with Gasteiger partial charge in [0.2, 0.25) is 15.1 Å². The van der Waals surface area contributed by atoms with Crippen LogP contribution >= 0.6 is 0 Å². The summed E-state index contributed by atoms with van der Waals surface area (Å²) < 4.78 is 42.1. The van der Waals surface area contributed by atoms with Gasteiger partial charge in [-0.2, -0.15) is 0 Å². The van der Waals surface area contributed by atoms with Crippen LogP contribution in [0.4, 0.5) is 0 Å². The number of carbonyl (C=O) groups excluding carboxylic acids is 3. The van der Waals surface area contributed by atoms with Crippen LogP contribution in [0.5, 0.6) is 23.0 Å². The fourth-order valence-corrected chi connectivity index (χ4v) is 12.5. The number of methoxy groups -OCH3 is 2. The molecule has 1 heterocycles. The number of Topliss-reactive ketones (excluding diaryl/α,β-unsaturated/α-hetero) is 1. The Balaban J connectivity index is 2.37. The summed E-state index contributed by atoms with van der Waals surface area (Å²) in [6.07, 6.45) is -0.784. The van der Waals surface area contributed by atoms with E-state index >= 15 is 0 Å². The Morgan fingerprint density at radius 1 is 0.706 bits per heavy atom. The number of fused-ring (bicyclic) bond motifs is 1. The van der Waals surface area contributed by atoms with E-state index in [2.05, 4.69) is 41.5 Å². The Kier molecular flexibility index (Phi) is 13.8. The Morgan fingerprint density at radius 3 is 1.75 bits per heavy atom. The third kappa shape index (κ3) is 9.65. The lowest BCUT2D eigenvalue weighted by molar-refractivity contribution is -0.160. The monoisotopic (exact) mass is 728 g/mol. The van der Waals surface area contributed by atoms with Gasteiger partial charge >= 0.3 is 11.9 Å². The van der Waals surface area contributed by atoms with Crippen molar-refractivity contribution in [1.29, 1.82) is 0 Å². The molecule has 10 nitrogen and oxygen atoms in total. The number of ether oxygens (including phenoxy) is 6. The zero-order valence-corrected chi connectivity index (χ0v) is 34.1. The first-order chi connectivity index (χ1) is 23.7. The summed E-state index contributed by atoms with van der Waals surface area (Å²) in [5.74, 6) is -1.02. The molecule has 2 aromatic carbocycles. The molecule has 0 aromatic heterocycles. The third-order valence-corrected chi connectivity index (χ3v) is 15.8. The second-order valence-electron chi connectivity index (χ2n) is 16.4. The van der Waals surface area contributed by atoms with Crippen molar-refractivity contribution in [2.75, 3.05) is 34.2 Å². The van der Waals surface area contributed by atoms with Crippen molar-refractivity contribution >= 4 is 26.0 Å². The largest absolute Gasteiger partial charge is 0.493 e. The molecule has 0 radical (unpaired) electrons. The zero-order valence-electron chi connectivity index (χ0n) is 33.1. The molecular formula is C40H60O10Si. The lowest BCUT2D eigenvalue weighted by Crippen LogP contribution is -2.51. The van der Waals surface area contributed by atoms with Crippen LogP contribution in [0.3, 0.4) is 0 Å². The molecule has 11 heteroatoms.